The van der Waals surface area contributed by atoms with Gasteiger partial charge in [0.1, 0.15) is 25.4 Å². The number of rotatable bonds is 70. The van der Waals surface area contributed by atoms with E-state index in [9.17, 15) is 43.5 Å². The molecule has 0 aliphatic heterocycles. The number of carbonyl (C=O) groups is 3. The van der Waals surface area contributed by atoms with Crippen molar-refractivity contribution in [3.8, 4) is 0 Å². The van der Waals surface area contributed by atoms with Crippen molar-refractivity contribution in [2.75, 3.05) is 39.6 Å². The molecule has 0 fully saturated rings. The number of unbranched alkanes of at least 4 members (excludes halogenated alkanes) is 17. The summed E-state index contributed by atoms with van der Waals surface area (Å²) >= 11 is 0. The van der Waals surface area contributed by atoms with E-state index >= 15 is 0 Å². The van der Waals surface area contributed by atoms with Crippen LogP contribution in [0.15, 0.2) is 182 Å². The molecule has 4 N–H and O–H groups in total. The predicted octanol–water partition coefficient (Wildman–Crippen LogP) is 22.2. The summed E-state index contributed by atoms with van der Waals surface area (Å²) in [4.78, 5) is 58.6. The van der Waals surface area contributed by atoms with Crippen LogP contribution in [-0.4, -0.2) is 95.9 Å². The Labute approximate surface area is 611 Å². The fraction of sp³-hybridized carbons (Fsp3) is 0.602. The van der Waals surface area contributed by atoms with Gasteiger partial charge in [-0.1, -0.05) is 280 Å². The van der Waals surface area contributed by atoms with E-state index in [2.05, 4.69) is 191 Å². The van der Waals surface area contributed by atoms with Crippen LogP contribution < -0.4 is 0 Å². The molecule has 5 atom stereocenters. The molecule has 0 bridgehead atoms. The highest BCUT2D eigenvalue weighted by Crippen LogP contribution is 2.45. The van der Waals surface area contributed by atoms with Crippen LogP contribution in [0.4, 0.5) is 0 Å². The van der Waals surface area contributed by atoms with Crippen molar-refractivity contribution in [2.24, 2.45) is 0 Å². The third-order valence-corrected chi connectivity index (χ3v) is 17.0. The topological polar surface area (TPSA) is 231 Å². The van der Waals surface area contributed by atoms with Crippen LogP contribution in [0.1, 0.15) is 265 Å². The van der Waals surface area contributed by atoms with E-state index in [1.54, 1.807) is 0 Å². The molecule has 0 aliphatic carbocycles. The largest absolute Gasteiger partial charge is 0.472 e. The molecule has 0 radical (unpaired) electrons. The number of allylic oxidation sites excluding steroid dienone is 30. The summed E-state index contributed by atoms with van der Waals surface area (Å²) in [6, 6.07) is 0. The highest BCUT2D eigenvalue weighted by molar-refractivity contribution is 7.47. The van der Waals surface area contributed by atoms with Crippen molar-refractivity contribution in [3.05, 3.63) is 182 Å². The van der Waals surface area contributed by atoms with Crippen LogP contribution in [0, 0.1) is 0 Å². The fourth-order valence-corrected chi connectivity index (χ4v) is 11.0. The summed E-state index contributed by atoms with van der Waals surface area (Å²) in [5, 5.41) is 20.6. The second kappa shape index (κ2) is 74.4. The number of hydrogen-bond acceptors (Lipinski definition) is 14. The molecule has 0 saturated carbocycles. The minimum atomic E-state index is -4.96. The van der Waals surface area contributed by atoms with Crippen molar-refractivity contribution in [2.45, 2.75) is 283 Å². The number of ether oxygens (including phenoxy) is 3. The molecule has 0 saturated heterocycles. The molecule has 0 heterocycles. The SMILES string of the molecule is CC/C=C\C/C=C\C/C=C\C/C=C\C/C=C\C/C=C\CCCCCCCCCCCCC(=O)OCC(O)COP(=O)(O)OCC(O)COP(=O)(O)OCC(COC(=O)CCCCCCCC/C=C\C/C=C\C/C=C\C/C=C\CC)OC(=O)CCC/C=C\C/C=C\C/C=C\C/C=C\C/C=C\CC. The van der Waals surface area contributed by atoms with Gasteiger partial charge < -0.3 is 34.2 Å². The number of phosphoric ester groups is 2. The average Bonchev–Trinajstić information content (AvgIpc) is 1.06. The van der Waals surface area contributed by atoms with Gasteiger partial charge in [0, 0.05) is 19.3 Å². The Balaban J connectivity index is 4.63. The number of phosphoric acid groups is 2. The zero-order chi connectivity index (χ0) is 73.7. The molecule has 0 amide bonds. The lowest BCUT2D eigenvalue weighted by atomic mass is 10.1. The van der Waals surface area contributed by atoms with Gasteiger partial charge >= 0.3 is 33.6 Å². The van der Waals surface area contributed by atoms with Crippen LogP contribution in [0.5, 0.6) is 0 Å². The van der Waals surface area contributed by atoms with E-state index in [1.807, 2.05) is 12.2 Å². The molecule has 0 aromatic heterocycles. The normalized spacial score (nSPS) is 15.0. The van der Waals surface area contributed by atoms with Crippen LogP contribution in [-0.2, 0) is 55.8 Å². The first-order valence-corrected chi connectivity index (χ1v) is 41.1. The summed E-state index contributed by atoms with van der Waals surface area (Å²) in [6.07, 6.45) is 95.2. The van der Waals surface area contributed by atoms with Crippen molar-refractivity contribution in [1.82, 2.24) is 0 Å². The summed E-state index contributed by atoms with van der Waals surface area (Å²) in [5.74, 6) is -1.68. The number of esters is 3. The Bertz CT molecular complexity index is 2570. The first-order chi connectivity index (χ1) is 49.2. The van der Waals surface area contributed by atoms with Crippen molar-refractivity contribution < 1.29 is 75.8 Å². The van der Waals surface area contributed by atoms with E-state index in [-0.39, 0.29) is 19.3 Å². The molecule has 16 nitrogen and oxygen atoms in total. The van der Waals surface area contributed by atoms with E-state index in [1.165, 1.54) is 32.1 Å². The minimum absolute atomic E-state index is 0.0162. The summed E-state index contributed by atoms with van der Waals surface area (Å²) in [5.41, 5.74) is 0. The van der Waals surface area contributed by atoms with Gasteiger partial charge in [0.05, 0.1) is 26.4 Å². The minimum Gasteiger partial charge on any atom is -0.463 e. The summed E-state index contributed by atoms with van der Waals surface area (Å²) in [6.45, 7) is 2.22. The lowest BCUT2D eigenvalue weighted by Crippen LogP contribution is -2.30. The second-order valence-electron chi connectivity index (χ2n) is 24.7. The van der Waals surface area contributed by atoms with Gasteiger partial charge in [-0.05, 0) is 148 Å². The monoisotopic (exact) mass is 1450 g/mol. The Morgan fingerprint density at radius 3 is 0.812 bits per heavy atom. The predicted molar refractivity (Wildman–Crippen MR) is 417 cm³/mol. The zero-order valence-corrected chi connectivity index (χ0v) is 64.0. The highest BCUT2D eigenvalue weighted by Gasteiger charge is 2.29. The molecule has 0 aromatic carbocycles. The van der Waals surface area contributed by atoms with Gasteiger partial charge in [-0.25, -0.2) is 9.13 Å². The fourth-order valence-electron chi connectivity index (χ4n) is 9.42. The highest BCUT2D eigenvalue weighted by atomic mass is 31.2. The van der Waals surface area contributed by atoms with Crippen molar-refractivity contribution in [1.29, 1.82) is 0 Å². The maximum Gasteiger partial charge on any atom is 0.472 e. The molecular formula is C83H134O16P2. The van der Waals surface area contributed by atoms with E-state index in [4.69, 9.17) is 32.3 Å². The Hall–Kier alpha value is -5.35. The van der Waals surface area contributed by atoms with Gasteiger partial charge in [0.15, 0.2) is 6.10 Å². The van der Waals surface area contributed by atoms with Crippen LogP contribution in [0.2, 0.25) is 0 Å². The Morgan fingerprint density at radius 2 is 0.505 bits per heavy atom. The number of carbonyl (C=O) groups excluding carboxylic acids is 3. The van der Waals surface area contributed by atoms with E-state index < -0.39 is 91.5 Å². The molecule has 0 aliphatic rings. The van der Waals surface area contributed by atoms with Crippen LogP contribution in [0.3, 0.4) is 0 Å². The standard InChI is InChI=1S/C83H134O16P2/c1-4-7-10-13-16-19-22-25-28-31-33-34-35-36-37-38-39-40-41-42-44-47-48-51-54-57-60-63-66-69-81(86)93-72-78(84)73-95-100(89,90)96-74-79(85)75-97-101(91,92)98-77-80(99-83(88)71-68-65-62-59-56-53-50-45-30-27-24-21-18-15-12-9-6-3)76-94-82(87)70-67-64-61-58-55-52-49-46-43-32-29-26-23-20-17-14-11-8-5-2/h7-12,16-21,25-30,33-34,36-37,39-40,43,46,50,53,59,62,78-80,84-85H,4-6,13-15,22-24,31-32,35,38,41-42,44-45,47-49,51-52,54-58,60-61,63-77H2,1-3H3,(H,89,90)(H,91,92)/b10-7-,11-8-,12-9-,19-16-,20-17-,21-18-,28-25-,29-26-,30-27-,34-33-,37-36-,40-39-,46-43-,53-50-,62-59-. The third-order valence-electron chi connectivity index (χ3n) is 15.1. The molecule has 0 rings (SSSR count). The third kappa shape index (κ3) is 75.6. The first kappa shape index (κ1) is 95.6. The van der Waals surface area contributed by atoms with Gasteiger partial charge in [-0.3, -0.25) is 32.5 Å². The molecule has 572 valence electrons. The molecule has 0 spiro atoms. The molecule has 101 heavy (non-hydrogen) atoms. The average molecular weight is 1450 g/mol. The zero-order valence-electron chi connectivity index (χ0n) is 62.2. The van der Waals surface area contributed by atoms with E-state index in [0.717, 1.165) is 167 Å². The molecule has 0 aromatic rings. The Kier molecular flexibility index (Phi) is 70.4. The Morgan fingerprint density at radius 1 is 0.277 bits per heavy atom. The van der Waals surface area contributed by atoms with Crippen molar-refractivity contribution >= 4 is 33.6 Å². The second-order valence-corrected chi connectivity index (χ2v) is 27.6. The molecule has 5 unspecified atom stereocenters. The lowest BCUT2D eigenvalue weighted by molar-refractivity contribution is -0.161. The number of aliphatic hydroxyl groups is 2. The van der Waals surface area contributed by atoms with Gasteiger partial charge in [0.25, 0.3) is 0 Å². The first-order valence-electron chi connectivity index (χ1n) is 38.1. The quantitative estimate of drug-likeness (QED) is 0.0146. The maximum atomic E-state index is 12.9. The van der Waals surface area contributed by atoms with E-state index in [0.29, 0.717) is 25.7 Å². The lowest BCUT2D eigenvalue weighted by Gasteiger charge is -2.21. The number of hydrogen-bond donors (Lipinski definition) is 4. The summed E-state index contributed by atoms with van der Waals surface area (Å²) in [7, 11) is -9.83. The van der Waals surface area contributed by atoms with Gasteiger partial charge in [-0.2, -0.15) is 0 Å². The van der Waals surface area contributed by atoms with Crippen LogP contribution >= 0.6 is 15.6 Å². The smallest absolute Gasteiger partial charge is 0.463 e. The van der Waals surface area contributed by atoms with Gasteiger partial charge in [0.2, 0.25) is 0 Å². The molecule has 18 heteroatoms. The molecular weight excluding hydrogens is 1310 g/mol. The summed E-state index contributed by atoms with van der Waals surface area (Å²) < 4.78 is 61.0. The van der Waals surface area contributed by atoms with Gasteiger partial charge in [-0.15, -0.1) is 0 Å². The van der Waals surface area contributed by atoms with Crippen LogP contribution in [0.25, 0.3) is 0 Å². The van der Waals surface area contributed by atoms with Crippen molar-refractivity contribution in [3.63, 3.8) is 0 Å². The number of aliphatic hydroxyl groups excluding tert-OH is 2. The maximum absolute atomic E-state index is 12.9.